The van der Waals surface area contributed by atoms with Crippen molar-refractivity contribution in [2.45, 2.75) is 80.3 Å². The molecular formula is C31H44N2O10. The summed E-state index contributed by atoms with van der Waals surface area (Å²) in [6.07, 6.45) is -10.3. The normalized spacial score (nSPS) is 31.8. The highest BCUT2D eigenvalue weighted by Gasteiger charge is 2.43. The molecule has 0 amide bonds. The fourth-order valence-corrected chi connectivity index (χ4v) is 5.97. The van der Waals surface area contributed by atoms with E-state index < -0.39 is 61.4 Å². The minimum absolute atomic E-state index is 0.0527. The van der Waals surface area contributed by atoms with Gasteiger partial charge in [-0.1, -0.05) is 60.7 Å². The number of benzene rings is 2. The Morgan fingerprint density at radius 1 is 0.674 bits per heavy atom. The lowest BCUT2D eigenvalue weighted by molar-refractivity contribution is -0.285. The van der Waals surface area contributed by atoms with Gasteiger partial charge in [0, 0.05) is 30.3 Å². The molecule has 3 aliphatic heterocycles. The number of aliphatic hydroxyl groups excluding tert-OH is 6. The van der Waals surface area contributed by atoms with Gasteiger partial charge in [0.1, 0.15) is 36.6 Å². The molecule has 7 N–H and O–H groups in total. The Bertz CT molecular complexity index is 1020. The van der Waals surface area contributed by atoms with E-state index >= 15 is 0 Å². The van der Waals surface area contributed by atoms with Gasteiger partial charge in [-0.2, -0.15) is 0 Å². The summed E-state index contributed by atoms with van der Waals surface area (Å²) in [5.41, 5.74) is 1.45. The number of piperidine rings is 1. The summed E-state index contributed by atoms with van der Waals surface area (Å²) < 4.78 is 23.0. The van der Waals surface area contributed by atoms with Gasteiger partial charge >= 0.3 is 0 Å². The average molecular weight is 605 g/mol. The summed E-state index contributed by atoms with van der Waals surface area (Å²) in [7, 11) is 0. The Hall–Kier alpha value is -2.04. The quantitative estimate of drug-likeness (QED) is 0.174. The number of hydrogen-bond acceptors (Lipinski definition) is 12. The molecule has 2 unspecified atom stereocenters. The molecule has 3 aliphatic rings. The monoisotopic (exact) mass is 604 g/mol. The fourth-order valence-electron chi connectivity index (χ4n) is 5.97. The van der Waals surface area contributed by atoms with E-state index in [2.05, 4.69) is 5.32 Å². The van der Waals surface area contributed by atoms with Crippen LogP contribution in [0.2, 0.25) is 0 Å². The molecule has 43 heavy (non-hydrogen) atoms. The molecule has 0 spiro atoms. The summed E-state index contributed by atoms with van der Waals surface area (Å²) in [6.45, 7) is 1.22. The van der Waals surface area contributed by atoms with E-state index in [0.29, 0.717) is 0 Å². The second-order valence-corrected chi connectivity index (χ2v) is 11.5. The predicted octanol–water partition coefficient (Wildman–Crippen LogP) is -0.566. The number of nitrogens with one attached hydrogen (secondary N) is 1. The smallest absolute Gasteiger partial charge is 0.184 e. The molecule has 2 aromatic rings. The molecule has 5 rings (SSSR count). The van der Waals surface area contributed by atoms with Crippen LogP contribution in [-0.2, 0) is 18.9 Å². The second-order valence-electron chi connectivity index (χ2n) is 11.5. The predicted molar refractivity (Wildman–Crippen MR) is 154 cm³/mol. The fraction of sp³-hybridized carbons (Fsp3) is 0.613. The van der Waals surface area contributed by atoms with E-state index in [9.17, 15) is 30.6 Å². The summed E-state index contributed by atoms with van der Waals surface area (Å²) >= 11 is 0. The van der Waals surface area contributed by atoms with Crippen LogP contribution >= 0.6 is 0 Å². The van der Waals surface area contributed by atoms with Crippen molar-refractivity contribution in [3.8, 4) is 0 Å². The number of nitrogens with zero attached hydrogens (tertiary/aromatic N) is 1. The van der Waals surface area contributed by atoms with Crippen molar-refractivity contribution in [3.63, 3.8) is 0 Å². The standard InChI is InChI=1S/C31H44N2O10/c34-22(26(38)28-24(36)17-40-30(42-28)19-7-3-1-4-8-19)15-33(21-11-13-32-14-12-21)16-23(35)27(39)29-25(37)18-41-31(43-29)20-9-5-2-6-10-20/h1-10,21-32,34-39H,11-18H2/t22-,23-,24+,25+,26+,27+,28+,29+,30?,31?/m0/s1. The van der Waals surface area contributed by atoms with Gasteiger partial charge in [0.25, 0.3) is 0 Å². The first-order valence-corrected chi connectivity index (χ1v) is 15.0. The van der Waals surface area contributed by atoms with Crippen molar-refractivity contribution in [2.75, 3.05) is 39.4 Å². The topological polar surface area (TPSA) is 174 Å². The van der Waals surface area contributed by atoms with Crippen molar-refractivity contribution in [3.05, 3.63) is 71.8 Å². The van der Waals surface area contributed by atoms with Crippen LogP contribution in [0.25, 0.3) is 0 Å². The Kier molecular flexibility index (Phi) is 11.5. The lowest BCUT2D eigenvalue weighted by Crippen LogP contribution is -2.58. The molecule has 12 heteroatoms. The first-order valence-electron chi connectivity index (χ1n) is 15.0. The number of hydrogen-bond donors (Lipinski definition) is 7. The molecule has 0 saturated carbocycles. The SMILES string of the molecule is O[C@@H]([C@@H]1OC(c2ccccc2)OC[C@H]1O)[C@@H](O)CN(C[C@H](O)[C@@H](O)[C@@H]1OC(c2ccccc2)OC[C@H]1O)C1CCNCC1. The van der Waals surface area contributed by atoms with Gasteiger partial charge in [0.05, 0.1) is 25.4 Å². The largest absolute Gasteiger partial charge is 0.389 e. The van der Waals surface area contributed by atoms with E-state index in [0.717, 1.165) is 37.1 Å². The van der Waals surface area contributed by atoms with E-state index in [4.69, 9.17) is 18.9 Å². The lowest BCUT2D eigenvalue weighted by Gasteiger charge is -2.42. The van der Waals surface area contributed by atoms with Gasteiger partial charge in [0.2, 0.25) is 0 Å². The molecule has 12 nitrogen and oxygen atoms in total. The van der Waals surface area contributed by atoms with Crippen LogP contribution in [0.1, 0.15) is 36.5 Å². The third-order valence-electron chi connectivity index (χ3n) is 8.43. The van der Waals surface area contributed by atoms with Crippen molar-refractivity contribution in [1.29, 1.82) is 0 Å². The zero-order valence-electron chi connectivity index (χ0n) is 24.0. The molecule has 0 aromatic heterocycles. The van der Waals surface area contributed by atoms with E-state index in [1.165, 1.54) is 0 Å². The minimum Gasteiger partial charge on any atom is -0.389 e. The maximum atomic E-state index is 11.2. The first-order chi connectivity index (χ1) is 20.8. The highest BCUT2D eigenvalue weighted by atomic mass is 16.7. The number of aliphatic hydroxyl groups is 6. The van der Waals surface area contributed by atoms with Gasteiger partial charge in [-0.25, -0.2) is 0 Å². The van der Waals surface area contributed by atoms with E-state index in [-0.39, 0.29) is 32.3 Å². The molecular weight excluding hydrogens is 560 g/mol. The van der Waals surface area contributed by atoms with Crippen molar-refractivity contribution in [1.82, 2.24) is 10.2 Å². The summed E-state index contributed by atoms with van der Waals surface area (Å²) in [6, 6.07) is 18.2. The van der Waals surface area contributed by atoms with Crippen LogP contribution in [0.3, 0.4) is 0 Å². The molecule has 3 fully saturated rings. The molecule has 3 saturated heterocycles. The lowest BCUT2D eigenvalue weighted by atomic mass is 9.97. The van der Waals surface area contributed by atoms with Crippen LogP contribution in [0.5, 0.6) is 0 Å². The molecule has 0 aliphatic carbocycles. The van der Waals surface area contributed by atoms with Crippen LogP contribution in [0.15, 0.2) is 60.7 Å². The third kappa shape index (κ3) is 8.17. The van der Waals surface area contributed by atoms with Gasteiger partial charge < -0.3 is 54.9 Å². The summed E-state index contributed by atoms with van der Waals surface area (Å²) in [5.74, 6) is 0. The Morgan fingerprint density at radius 2 is 1.09 bits per heavy atom. The molecule has 3 heterocycles. The van der Waals surface area contributed by atoms with Crippen LogP contribution in [0.4, 0.5) is 0 Å². The van der Waals surface area contributed by atoms with Crippen molar-refractivity contribution >= 4 is 0 Å². The zero-order valence-corrected chi connectivity index (χ0v) is 24.0. The van der Waals surface area contributed by atoms with Crippen LogP contribution in [0, 0.1) is 0 Å². The summed E-state index contributed by atoms with van der Waals surface area (Å²) in [5, 5.41) is 69.1. The minimum atomic E-state index is -1.45. The maximum Gasteiger partial charge on any atom is 0.184 e. The zero-order chi connectivity index (χ0) is 30.3. The van der Waals surface area contributed by atoms with Gasteiger partial charge in [-0.3, -0.25) is 4.90 Å². The van der Waals surface area contributed by atoms with E-state index in [1.807, 2.05) is 65.6 Å². The first kappa shape index (κ1) is 32.4. The second kappa shape index (κ2) is 15.3. The summed E-state index contributed by atoms with van der Waals surface area (Å²) in [4.78, 5) is 1.84. The highest BCUT2D eigenvalue weighted by molar-refractivity contribution is 5.17. The molecule has 0 radical (unpaired) electrons. The highest BCUT2D eigenvalue weighted by Crippen LogP contribution is 2.31. The molecule has 10 atom stereocenters. The number of ether oxygens (including phenoxy) is 4. The average Bonchev–Trinajstić information content (AvgIpc) is 3.05. The number of rotatable bonds is 11. The Balaban J connectivity index is 1.24. The third-order valence-corrected chi connectivity index (χ3v) is 8.43. The van der Waals surface area contributed by atoms with E-state index in [1.54, 1.807) is 0 Å². The van der Waals surface area contributed by atoms with Crippen LogP contribution in [-0.4, -0.2) is 130 Å². The van der Waals surface area contributed by atoms with Crippen molar-refractivity contribution < 1.29 is 49.6 Å². The van der Waals surface area contributed by atoms with Gasteiger partial charge in [-0.05, 0) is 25.9 Å². The van der Waals surface area contributed by atoms with Gasteiger partial charge in [-0.15, -0.1) is 0 Å². The van der Waals surface area contributed by atoms with Crippen LogP contribution < -0.4 is 5.32 Å². The van der Waals surface area contributed by atoms with Gasteiger partial charge in [0.15, 0.2) is 12.6 Å². The molecule has 238 valence electrons. The molecule has 0 bridgehead atoms. The molecule has 2 aromatic carbocycles. The Labute approximate surface area is 251 Å². The maximum absolute atomic E-state index is 11.2. The Morgan fingerprint density at radius 3 is 1.51 bits per heavy atom. The van der Waals surface area contributed by atoms with Crippen molar-refractivity contribution in [2.24, 2.45) is 0 Å².